The van der Waals surface area contributed by atoms with Crippen molar-refractivity contribution in [2.24, 2.45) is 0 Å². The number of rotatable bonds is 7. The molecular formula is C23H25F8N5O5. The van der Waals surface area contributed by atoms with Gasteiger partial charge >= 0.3 is 30.4 Å². The number of anilines is 2. The third kappa shape index (κ3) is 7.66. The summed E-state index contributed by atoms with van der Waals surface area (Å²) in [5.41, 5.74) is -0.313. The van der Waals surface area contributed by atoms with Crippen LogP contribution in [0.4, 0.5) is 56.1 Å². The lowest BCUT2D eigenvalue weighted by Crippen LogP contribution is -2.57. The molecule has 0 radical (unpaired) electrons. The van der Waals surface area contributed by atoms with E-state index >= 15 is 0 Å². The molecule has 1 fully saturated rings. The first-order valence-corrected chi connectivity index (χ1v) is 12.0. The minimum atomic E-state index is -5.97. The van der Waals surface area contributed by atoms with Gasteiger partial charge in [-0.1, -0.05) is 12.1 Å². The molecule has 3 rings (SSSR count). The van der Waals surface area contributed by atoms with Crippen LogP contribution in [0.15, 0.2) is 24.3 Å². The predicted molar refractivity (Wildman–Crippen MR) is 125 cm³/mol. The van der Waals surface area contributed by atoms with E-state index in [0.717, 1.165) is 17.1 Å². The van der Waals surface area contributed by atoms with Crippen LogP contribution in [0.5, 0.6) is 0 Å². The SMILES string of the molecule is C[C@H](OC(=O)NCC(F)(F)C(F)(F)F)C(=O)N[C@H]1CN(C(=O)N(C)C2CC2)c2ccccc2N(CC(F)(F)F)C1=O. The fourth-order valence-electron chi connectivity index (χ4n) is 3.85. The number of nitrogens with one attached hydrogen (secondary N) is 2. The normalized spacial score (nSPS) is 18.7. The van der Waals surface area contributed by atoms with Crippen LogP contribution in [0.2, 0.25) is 0 Å². The topological polar surface area (TPSA) is 111 Å². The van der Waals surface area contributed by atoms with Gasteiger partial charge in [-0.25, -0.2) is 9.59 Å². The minimum absolute atomic E-state index is 0.0476. The van der Waals surface area contributed by atoms with Gasteiger partial charge in [0.25, 0.3) is 11.8 Å². The van der Waals surface area contributed by atoms with E-state index in [9.17, 15) is 54.3 Å². The van der Waals surface area contributed by atoms with E-state index in [1.165, 1.54) is 36.2 Å². The molecule has 5 amide bonds. The number of benzene rings is 1. The van der Waals surface area contributed by atoms with Crippen molar-refractivity contribution in [1.29, 1.82) is 0 Å². The predicted octanol–water partition coefficient (Wildman–Crippen LogP) is 3.41. The number of halogens is 8. The van der Waals surface area contributed by atoms with Gasteiger partial charge in [0.05, 0.1) is 24.5 Å². The van der Waals surface area contributed by atoms with E-state index in [0.29, 0.717) is 17.7 Å². The van der Waals surface area contributed by atoms with Crippen LogP contribution in [0.3, 0.4) is 0 Å². The third-order valence-corrected chi connectivity index (χ3v) is 6.20. The summed E-state index contributed by atoms with van der Waals surface area (Å²) in [7, 11) is 1.47. The Morgan fingerprint density at radius 2 is 1.63 bits per heavy atom. The van der Waals surface area contributed by atoms with Crippen molar-refractivity contribution in [3.05, 3.63) is 24.3 Å². The molecule has 1 saturated carbocycles. The van der Waals surface area contributed by atoms with Gasteiger partial charge in [0, 0.05) is 13.1 Å². The Morgan fingerprint density at radius 1 is 1.05 bits per heavy atom. The summed E-state index contributed by atoms with van der Waals surface area (Å²) < 4.78 is 108. The Bertz CT molecular complexity index is 1170. The van der Waals surface area contributed by atoms with Crippen LogP contribution in [0.1, 0.15) is 19.8 Å². The Labute approximate surface area is 227 Å². The van der Waals surface area contributed by atoms with Crippen molar-refractivity contribution in [2.45, 2.75) is 56.2 Å². The van der Waals surface area contributed by atoms with Crippen LogP contribution in [-0.4, -0.2) is 92.0 Å². The first kappa shape index (κ1) is 31.7. The highest BCUT2D eigenvalue weighted by molar-refractivity contribution is 6.08. The Hall–Kier alpha value is -3.86. The van der Waals surface area contributed by atoms with Gasteiger partial charge in [-0.2, -0.15) is 35.1 Å². The number of amides is 5. The fourth-order valence-corrected chi connectivity index (χ4v) is 3.85. The molecule has 1 aromatic carbocycles. The van der Waals surface area contributed by atoms with Crippen molar-refractivity contribution in [1.82, 2.24) is 15.5 Å². The standard InChI is InChI=1S/C23H25F8N5O5/c1-12(41-19(39)32-10-21(24,25)23(29,30)31)17(37)33-14-9-35(20(40)34(2)13-7-8-13)15-5-3-4-6-16(15)36(18(14)38)11-22(26,27)28/h3-6,12-14H,7-11H2,1-2H3,(H,32,39)(H,33,37)/t12-,14-/m0/s1. The number of hydrogen-bond donors (Lipinski definition) is 2. The Morgan fingerprint density at radius 3 is 2.17 bits per heavy atom. The zero-order valence-corrected chi connectivity index (χ0v) is 21.5. The second kappa shape index (κ2) is 11.6. The molecule has 2 N–H and O–H groups in total. The lowest BCUT2D eigenvalue weighted by molar-refractivity contribution is -0.278. The molecular weight excluding hydrogens is 578 g/mol. The molecule has 0 spiro atoms. The summed E-state index contributed by atoms with van der Waals surface area (Å²) in [6, 6.07) is 2.67. The summed E-state index contributed by atoms with van der Waals surface area (Å²) in [4.78, 5) is 53.7. The van der Waals surface area contributed by atoms with Crippen LogP contribution in [-0.2, 0) is 14.3 Å². The highest BCUT2D eigenvalue weighted by Crippen LogP contribution is 2.37. The summed E-state index contributed by atoms with van der Waals surface area (Å²) in [5, 5.41) is 3.25. The molecule has 0 saturated heterocycles. The number of ether oxygens (including phenoxy) is 1. The second-order valence-electron chi connectivity index (χ2n) is 9.43. The number of alkyl carbamates (subject to hydrolysis) is 1. The van der Waals surface area contributed by atoms with Crippen molar-refractivity contribution >= 4 is 35.3 Å². The molecule has 228 valence electrons. The molecule has 1 heterocycles. The molecule has 0 unspecified atom stereocenters. The van der Waals surface area contributed by atoms with Gasteiger partial charge < -0.3 is 20.3 Å². The van der Waals surface area contributed by atoms with E-state index in [1.54, 1.807) is 0 Å². The lowest BCUT2D eigenvalue weighted by atomic mass is 10.2. The third-order valence-electron chi connectivity index (χ3n) is 6.20. The molecule has 2 atom stereocenters. The van der Waals surface area contributed by atoms with E-state index in [2.05, 4.69) is 10.1 Å². The van der Waals surface area contributed by atoms with Gasteiger partial charge in [0.2, 0.25) is 0 Å². The molecule has 1 aromatic rings. The van der Waals surface area contributed by atoms with Crippen molar-refractivity contribution in [3.63, 3.8) is 0 Å². The Kier molecular flexibility index (Phi) is 8.93. The number of hydrogen-bond acceptors (Lipinski definition) is 5. The fraction of sp³-hybridized carbons (Fsp3) is 0.565. The van der Waals surface area contributed by atoms with Gasteiger partial charge in [-0.15, -0.1) is 0 Å². The molecule has 1 aliphatic carbocycles. The highest BCUT2D eigenvalue weighted by Gasteiger charge is 2.57. The maximum absolute atomic E-state index is 13.5. The van der Waals surface area contributed by atoms with Gasteiger partial charge in [-0.3, -0.25) is 19.4 Å². The monoisotopic (exact) mass is 603 g/mol. The number of fused-ring (bicyclic) bond motifs is 1. The molecule has 2 aliphatic rings. The van der Waals surface area contributed by atoms with Crippen LogP contribution in [0.25, 0.3) is 0 Å². The summed E-state index contributed by atoms with van der Waals surface area (Å²) in [6.07, 6.45) is -13.2. The molecule has 1 aliphatic heterocycles. The van der Waals surface area contributed by atoms with Crippen LogP contribution < -0.4 is 20.4 Å². The van der Waals surface area contributed by atoms with Crippen LogP contribution in [0, 0.1) is 0 Å². The van der Waals surface area contributed by atoms with E-state index in [4.69, 9.17) is 0 Å². The minimum Gasteiger partial charge on any atom is -0.436 e. The number of alkyl halides is 8. The van der Waals surface area contributed by atoms with Crippen molar-refractivity contribution in [3.8, 4) is 0 Å². The highest BCUT2D eigenvalue weighted by atomic mass is 19.4. The number of para-hydroxylation sites is 2. The molecule has 41 heavy (non-hydrogen) atoms. The summed E-state index contributed by atoms with van der Waals surface area (Å²) in [6.45, 7) is -3.73. The molecule has 18 heteroatoms. The maximum Gasteiger partial charge on any atom is 0.455 e. The number of carbonyl (C=O) groups excluding carboxylic acids is 4. The van der Waals surface area contributed by atoms with Crippen molar-refractivity contribution < 1.29 is 59.0 Å². The summed E-state index contributed by atoms with van der Waals surface area (Å²) in [5.74, 6) is -7.87. The Balaban J connectivity index is 1.82. The molecule has 0 aromatic heterocycles. The first-order valence-electron chi connectivity index (χ1n) is 12.0. The first-order chi connectivity index (χ1) is 18.8. The van der Waals surface area contributed by atoms with E-state index < -0.39 is 74.0 Å². The lowest BCUT2D eigenvalue weighted by Gasteiger charge is -2.30. The quantitative estimate of drug-likeness (QED) is 0.465. The van der Waals surface area contributed by atoms with Gasteiger partial charge in [0.15, 0.2) is 6.10 Å². The van der Waals surface area contributed by atoms with Gasteiger partial charge in [-0.05, 0) is 31.9 Å². The largest absolute Gasteiger partial charge is 0.455 e. The number of nitrogens with zero attached hydrogens (tertiary/aromatic N) is 3. The second-order valence-corrected chi connectivity index (χ2v) is 9.43. The molecule has 10 nitrogen and oxygen atoms in total. The number of carbonyl (C=O) groups is 4. The maximum atomic E-state index is 13.5. The summed E-state index contributed by atoms with van der Waals surface area (Å²) >= 11 is 0. The van der Waals surface area contributed by atoms with Crippen LogP contribution >= 0.6 is 0 Å². The average Bonchev–Trinajstić information content (AvgIpc) is 3.72. The molecule has 0 bridgehead atoms. The van der Waals surface area contributed by atoms with E-state index in [1.807, 2.05) is 0 Å². The number of urea groups is 1. The van der Waals surface area contributed by atoms with Crippen molar-refractivity contribution in [2.75, 3.05) is 36.5 Å². The smallest absolute Gasteiger partial charge is 0.436 e. The van der Waals surface area contributed by atoms with Gasteiger partial charge in [0.1, 0.15) is 12.6 Å². The zero-order chi connectivity index (χ0) is 30.9. The average molecular weight is 603 g/mol. The zero-order valence-electron chi connectivity index (χ0n) is 21.5. The van der Waals surface area contributed by atoms with E-state index in [-0.39, 0.29) is 17.4 Å².